The quantitative estimate of drug-likeness (QED) is 0.0362. The number of fused-ring (bicyclic) bond motifs is 1. The first-order chi connectivity index (χ1) is 18.3. The van der Waals surface area contributed by atoms with Crippen LogP contribution >= 0.6 is 22.6 Å². The van der Waals surface area contributed by atoms with Crippen molar-refractivity contribution in [2.75, 3.05) is 18.4 Å². The first kappa shape index (κ1) is 31.0. The molecule has 2 rings (SSSR count). The molecule has 0 bridgehead atoms. The van der Waals surface area contributed by atoms with Crippen molar-refractivity contribution < 1.29 is 28.9 Å². The second-order valence-electron chi connectivity index (χ2n) is 8.49. The van der Waals surface area contributed by atoms with E-state index < -0.39 is 64.7 Å². The van der Waals surface area contributed by atoms with Gasteiger partial charge in [-0.25, -0.2) is 0 Å². The Morgan fingerprint density at radius 2 is 1.72 bits per heavy atom. The Hall–Kier alpha value is -4.23. The number of halogens is 1. The molecule has 17 nitrogen and oxygen atoms in total. The molecule has 0 radical (unpaired) electrons. The number of non-ortho nitro benzene ring substituents is 1. The van der Waals surface area contributed by atoms with Crippen LogP contribution in [0, 0.1) is 13.7 Å². The standard InChI is InChI=1S/C21H29IN10O7/c22-11-7-9(32(38)39)6-10-16(11)27-5-3-12(17(24)34)29-19(36)13(2-1-4-28-21(25)26)30-20(37)14(8-15(23)33)31-18(10)35/h6-7,12-14,27H,1-5,8H2,(H2,23,33)(H2,24,34)(H,29,36)(H,30,37)(H,31,35)(H4,25,26,28)/t12-,13-,14?/m0/s1. The predicted octanol–water partition coefficient (Wildman–Crippen LogP) is -2.50. The van der Waals surface area contributed by atoms with Gasteiger partial charge in [0.05, 0.1) is 22.6 Å². The lowest BCUT2D eigenvalue weighted by atomic mass is 10.1. The lowest BCUT2D eigenvalue weighted by Gasteiger charge is -2.26. The molecule has 0 fully saturated rings. The van der Waals surface area contributed by atoms with Gasteiger partial charge in [0.2, 0.25) is 23.6 Å². The lowest BCUT2D eigenvalue weighted by molar-refractivity contribution is -0.384. The van der Waals surface area contributed by atoms with Crippen LogP contribution in [0.4, 0.5) is 11.4 Å². The number of nitro benzene ring substituents is 1. The van der Waals surface area contributed by atoms with Crippen LogP contribution in [-0.2, 0) is 19.2 Å². The van der Waals surface area contributed by atoms with E-state index in [-0.39, 0.29) is 53.1 Å². The number of nitrogens with one attached hydrogen (secondary N) is 4. The van der Waals surface area contributed by atoms with Crippen LogP contribution in [0.2, 0.25) is 0 Å². The van der Waals surface area contributed by atoms with E-state index in [4.69, 9.17) is 22.9 Å². The van der Waals surface area contributed by atoms with Crippen molar-refractivity contribution in [3.8, 4) is 0 Å². The predicted molar refractivity (Wildman–Crippen MR) is 147 cm³/mol. The highest BCUT2D eigenvalue weighted by atomic mass is 127. The summed E-state index contributed by atoms with van der Waals surface area (Å²) >= 11 is 1.78. The Kier molecular flexibility index (Phi) is 11.2. The van der Waals surface area contributed by atoms with Gasteiger partial charge in [0, 0.05) is 28.8 Å². The van der Waals surface area contributed by atoms with Gasteiger partial charge < -0.3 is 44.2 Å². The van der Waals surface area contributed by atoms with Crippen LogP contribution in [0.15, 0.2) is 17.1 Å². The summed E-state index contributed by atoms with van der Waals surface area (Å²) in [6.07, 6.45) is -0.406. The summed E-state index contributed by atoms with van der Waals surface area (Å²) in [6.45, 7) is 0.148. The number of nitrogens with zero attached hydrogens (tertiary/aromatic N) is 2. The van der Waals surface area contributed by atoms with Crippen LogP contribution in [0.5, 0.6) is 0 Å². The minimum atomic E-state index is -1.54. The molecule has 1 unspecified atom stereocenters. The summed E-state index contributed by atoms with van der Waals surface area (Å²) in [6, 6.07) is -1.71. The third-order valence-corrected chi connectivity index (χ3v) is 6.38. The van der Waals surface area contributed by atoms with Gasteiger partial charge in [-0.05, 0) is 41.9 Å². The van der Waals surface area contributed by atoms with Crippen molar-refractivity contribution >= 4 is 69.5 Å². The smallest absolute Gasteiger partial charge is 0.271 e. The number of aliphatic imine (C=N–C) groups is 1. The third kappa shape index (κ3) is 9.23. The maximum atomic E-state index is 13.2. The van der Waals surface area contributed by atoms with Crippen molar-refractivity contribution in [1.29, 1.82) is 0 Å². The average molecular weight is 660 g/mol. The molecule has 1 aromatic rings. The molecule has 1 aliphatic rings. The first-order valence-electron chi connectivity index (χ1n) is 11.6. The highest BCUT2D eigenvalue weighted by Crippen LogP contribution is 2.29. The zero-order valence-electron chi connectivity index (χ0n) is 20.6. The minimum Gasteiger partial charge on any atom is -0.383 e. The Balaban J connectivity index is 2.52. The van der Waals surface area contributed by atoms with E-state index in [9.17, 15) is 34.1 Å². The van der Waals surface area contributed by atoms with Gasteiger partial charge in [0.15, 0.2) is 5.96 Å². The van der Waals surface area contributed by atoms with Gasteiger partial charge in [-0.15, -0.1) is 0 Å². The van der Waals surface area contributed by atoms with Crippen LogP contribution in [-0.4, -0.2) is 71.6 Å². The van der Waals surface area contributed by atoms with Gasteiger partial charge in [-0.1, -0.05) is 0 Å². The van der Waals surface area contributed by atoms with Gasteiger partial charge >= 0.3 is 0 Å². The fourth-order valence-corrected chi connectivity index (χ4v) is 4.45. The number of rotatable bonds is 8. The molecule has 1 heterocycles. The Labute approximate surface area is 235 Å². The Bertz CT molecular complexity index is 1190. The zero-order chi connectivity index (χ0) is 29.3. The highest BCUT2D eigenvalue weighted by Gasteiger charge is 2.31. The number of nitro groups is 1. The number of hydrogen-bond acceptors (Lipinski definition) is 9. The number of carbonyl (C=O) groups is 5. The van der Waals surface area contributed by atoms with E-state index in [1.165, 1.54) is 6.07 Å². The third-order valence-electron chi connectivity index (χ3n) is 5.53. The lowest BCUT2D eigenvalue weighted by Crippen LogP contribution is -2.57. The van der Waals surface area contributed by atoms with E-state index in [1.807, 2.05) is 0 Å². The largest absolute Gasteiger partial charge is 0.383 e. The summed E-state index contributed by atoms with van der Waals surface area (Å²) < 4.78 is 0.287. The van der Waals surface area contributed by atoms with Crippen molar-refractivity contribution in [3.05, 3.63) is 31.4 Å². The van der Waals surface area contributed by atoms with Crippen molar-refractivity contribution in [2.24, 2.45) is 27.9 Å². The number of hydrogen-bond donors (Lipinski definition) is 8. The molecule has 0 saturated heterocycles. The minimum absolute atomic E-state index is 0.0164. The molecular formula is C21H29IN10O7. The van der Waals surface area contributed by atoms with Gasteiger partial charge in [-0.2, -0.15) is 0 Å². The topological polar surface area (TPSA) is 293 Å². The van der Waals surface area contributed by atoms with Crippen molar-refractivity contribution in [3.63, 3.8) is 0 Å². The van der Waals surface area contributed by atoms with E-state index in [0.717, 1.165) is 6.07 Å². The van der Waals surface area contributed by atoms with Crippen molar-refractivity contribution in [2.45, 2.75) is 43.8 Å². The van der Waals surface area contributed by atoms with Gasteiger partial charge in [0.1, 0.15) is 18.1 Å². The molecule has 0 spiro atoms. The summed E-state index contributed by atoms with van der Waals surface area (Å²) in [5.41, 5.74) is 20.9. The zero-order valence-corrected chi connectivity index (χ0v) is 22.7. The molecule has 3 atom stereocenters. The van der Waals surface area contributed by atoms with E-state index in [1.54, 1.807) is 22.6 Å². The molecule has 39 heavy (non-hydrogen) atoms. The van der Waals surface area contributed by atoms with Gasteiger partial charge in [-0.3, -0.25) is 39.1 Å². The SMILES string of the molecule is NC(=O)CC1NC(=O)c2cc([N+](=O)[O-])cc(I)c2NCC[C@@H](C(N)=O)NC(=O)[C@H](CCCN=C(N)N)NC1=O. The average Bonchev–Trinajstić information content (AvgIpc) is 2.83. The number of benzene rings is 1. The normalized spacial score (nSPS) is 20.1. The van der Waals surface area contributed by atoms with Crippen LogP contribution in [0.3, 0.4) is 0 Å². The summed E-state index contributed by atoms with van der Waals surface area (Å²) in [5, 5.41) is 21.7. The van der Waals surface area contributed by atoms with Gasteiger partial charge in [0.25, 0.3) is 11.6 Å². The molecular weight excluding hydrogens is 631 g/mol. The number of nitrogens with two attached hydrogens (primary N) is 4. The first-order valence-corrected chi connectivity index (χ1v) is 12.6. The number of primary amides is 2. The Morgan fingerprint density at radius 1 is 1.05 bits per heavy atom. The fourth-order valence-electron chi connectivity index (χ4n) is 3.65. The van der Waals surface area contributed by atoms with E-state index in [0.29, 0.717) is 0 Å². The van der Waals surface area contributed by atoms with Crippen molar-refractivity contribution in [1.82, 2.24) is 16.0 Å². The van der Waals surface area contributed by atoms with E-state index >= 15 is 0 Å². The molecule has 5 amide bonds. The maximum absolute atomic E-state index is 13.2. The summed E-state index contributed by atoms with van der Waals surface area (Å²) in [7, 11) is 0. The second kappa shape index (κ2) is 14.1. The van der Waals surface area contributed by atoms with Crippen LogP contribution in [0.25, 0.3) is 0 Å². The molecule has 12 N–H and O–H groups in total. The summed E-state index contributed by atoms with van der Waals surface area (Å²) in [4.78, 5) is 77.7. The highest BCUT2D eigenvalue weighted by molar-refractivity contribution is 14.1. The summed E-state index contributed by atoms with van der Waals surface area (Å²) in [5.74, 6) is -4.57. The molecule has 0 aliphatic carbocycles. The number of guanidine groups is 1. The molecule has 18 heteroatoms. The number of anilines is 1. The molecule has 1 aliphatic heterocycles. The number of amides is 5. The molecule has 212 valence electrons. The molecule has 0 saturated carbocycles. The van der Waals surface area contributed by atoms with Crippen LogP contribution in [0.1, 0.15) is 36.0 Å². The Morgan fingerprint density at radius 3 is 2.31 bits per heavy atom. The monoisotopic (exact) mass is 660 g/mol. The molecule has 1 aromatic carbocycles. The fraction of sp³-hybridized carbons (Fsp3) is 0.429. The number of carbonyl (C=O) groups excluding carboxylic acids is 5. The van der Waals surface area contributed by atoms with Crippen LogP contribution < -0.4 is 44.2 Å². The second-order valence-corrected chi connectivity index (χ2v) is 9.65. The maximum Gasteiger partial charge on any atom is 0.271 e. The molecule has 0 aromatic heterocycles. The van der Waals surface area contributed by atoms with E-state index in [2.05, 4.69) is 26.3 Å².